The third-order valence-electron chi connectivity index (χ3n) is 6.79. The molecular weight excluding hydrogens is 384 g/mol. The van der Waals surface area contributed by atoms with Crippen LogP contribution in [0.4, 0.5) is 0 Å². The zero-order valence-electron chi connectivity index (χ0n) is 18.4. The summed E-state index contributed by atoms with van der Waals surface area (Å²) in [5.41, 5.74) is 5.68. The van der Waals surface area contributed by atoms with Gasteiger partial charge in [-0.05, 0) is 32.4 Å². The Bertz CT molecular complexity index is 1070. The Labute approximate surface area is 184 Å². The summed E-state index contributed by atoms with van der Waals surface area (Å²) in [6, 6.07) is 18.7. The third kappa shape index (κ3) is 3.79. The number of fused-ring (bicyclic) bond motifs is 2. The van der Waals surface area contributed by atoms with Crippen LogP contribution in [0.15, 0.2) is 60.9 Å². The second-order valence-corrected chi connectivity index (χ2v) is 9.25. The van der Waals surface area contributed by atoms with E-state index in [-0.39, 0.29) is 11.4 Å². The monoisotopic (exact) mass is 414 g/mol. The summed E-state index contributed by atoms with van der Waals surface area (Å²) >= 11 is 0. The van der Waals surface area contributed by atoms with E-state index < -0.39 is 0 Å². The Morgan fingerprint density at radius 2 is 1.84 bits per heavy atom. The van der Waals surface area contributed by atoms with Crippen LogP contribution in [0.2, 0.25) is 0 Å². The van der Waals surface area contributed by atoms with Crippen molar-refractivity contribution in [3.05, 3.63) is 77.7 Å². The van der Waals surface area contributed by atoms with Crippen LogP contribution in [0.1, 0.15) is 29.7 Å². The molecule has 0 aliphatic carbocycles. The van der Waals surface area contributed by atoms with E-state index in [1.165, 1.54) is 11.3 Å². The smallest absolute Gasteiger partial charge is 0.227 e. The maximum atomic E-state index is 13.2. The van der Waals surface area contributed by atoms with E-state index in [1.807, 2.05) is 12.4 Å². The van der Waals surface area contributed by atoms with Crippen LogP contribution in [0.3, 0.4) is 0 Å². The summed E-state index contributed by atoms with van der Waals surface area (Å²) in [4.78, 5) is 22.5. The summed E-state index contributed by atoms with van der Waals surface area (Å²) in [5.74, 6) is 0.223. The van der Waals surface area contributed by atoms with Crippen molar-refractivity contribution in [3.63, 3.8) is 0 Å². The number of carbonyl (C=O) groups excluding carboxylic acids is 1. The molecule has 3 aromatic rings. The molecule has 3 heterocycles. The van der Waals surface area contributed by atoms with Gasteiger partial charge < -0.3 is 9.47 Å². The molecule has 1 fully saturated rings. The van der Waals surface area contributed by atoms with Crippen LogP contribution in [-0.2, 0) is 23.3 Å². The van der Waals surface area contributed by atoms with Crippen LogP contribution in [-0.4, -0.2) is 51.9 Å². The van der Waals surface area contributed by atoms with Gasteiger partial charge in [-0.15, -0.1) is 0 Å². The molecule has 0 radical (unpaired) electrons. The number of piperidine rings is 1. The van der Waals surface area contributed by atoms with Gasteiger partial charge in [0.15, 0.2) is 0 Å². The number of rotatable bonds is 3. The van der Waals surface area contributed by atoms with E-state index in [9.17, 15) is 4.79 Å². The summed E-state index contributed by atoms with van der Waals surface area (Å²) in [6.07, 6.45) is 4.58. The van der Waals surface area contributed by atoms with Crippen LogP contribution in [0.5, 0.6) is 0 Å². The van der Waals surface area contributed by atoms with Crippen molar-refractivity contribution in [2.24, 2.45) is 0 Å². The molecule has 0 unspecified atom stereocenters. The van der Waals surface area contributed by atoms with E-state index in [4.69, 9.17) is 4.98 Å². The largest absolute Gasteiger partial charge is 0.340 e. The van der Waals surface area contributed by atoms with Gasteiger partial charge in [-0.1, -0.05) is 60.2 Å². The molecular formula is C26H30N4O. The first-order valence-corrected chi connectivity index (χ1v) is 11.2. The molecule has 1 saturated heterocycles. The minimum Gasteiger partial charge on any atom is -0.340 e. The molecule has 1 spiro atoms. The highest BCUT2D eigenvalue weighted by molar-refractivity contribution is 5.79. The van der Waals surface area contributed by atoms with Gasteiger partial charge in [0.25, 0.3) is 0 Å². The van der Waals surface area contributed by atoms with Gasteiger partial charge >= 0.3 is 0 Å². The average molecular weight is 415 g/mol. The van der Waals surface area contributed by atoms with Crippen molar-refractivity contribution < 1.29 is 4.79 Å². The summed E-state index contributed by atoms with van der Waals surface area (Å²) in [7, 11) is 2.18. The van der Waals surface area contributed by atoms with Crippen LogP contribution < -0.4 is 0 Å². The van der Waals surface area contributed by atoms with Crippen molar-refractivity contribution in [1.29, 1.82) is 0 Å². The molecule has 31 heavy (non-hydrogen) atoms. The lowest BCUT2D eigenvalue weighted by atomic mass is 9.85. The van der Waals surface area contributed by atoms with E-state index in [1.54, 1.807) is 0 Å². The first-order valence-electron chi connectivity index (χ1n) is 11.2. The number of carbonyl (C=O) groups is 1. The first kappa shape index (κ1) is 20.0. The Kier molecular flexibility index (Phi) is 5.14. The number of aryl methyl sites for hydroxylation is 1. The Morgan fingerprint density at radius 1 is 1.06 bits per heavy atom. The fourth-order valence-electron chi connectivity index (χ4n) is 5.30. The highest BCUT2D eigenvalue weighted by atomic mass is 16.2. The highest BCUT2D eigenvalue weighted by Crippen LogP contribution is 2.38. The molecule has 160 valence electrons. The lowest BCUT2D eigenvalue weighted by Gasteiger charge is -2.49. The molecule has 5 rings (SSSR count). The number of likely N-dealkylation sites (N-methyl/N-ethyl adjacent to an activating group) is 1. The van der Waals surface area contributed by atoms with Crippen molar-refractivity contribution >= 4 is 5.91 Å². The van der Waals surface area contributed by atoms with Gasteiger partial charge in [0, 0.05) is 31.7 Å². The molecule has 2 aliphatic rings. The summed E-state index contributed by atoms with van der Waals surface area (Å²) in [5, 5.41) is 0. The van der Waals surface area contributed by atoms with Gasteiger partial charge in [0.05, 0.1) is 29.7 Å². The number of hydrogen-bond acceptors (Lipinski definition) is 3. The Morgan fingerprint density at radius 3 is 2.61 bits per heavy atom. The lowest BCUT2D eigenvalue weighted by molar-refractivity contribution is -0.134. The SMILES string of the molecule is Cc1ccc(CC(=O)N2CCC[C@@]3(CN(C)Cc4c(-c5ccccc5)ncn43)C2)cc1. The minimum atomic E-state index is -0.108. The maximum Gasteiger partial charge on any atom is 0.227 e. The normalized spacial score (nSPS) is 21.3. The number of aromatic nitrogens is 2. The second kappa shape index (κ2) is 7.97. The molecule has 5 nitrogen and oxygen atoms in total. The van der Waals surface area contributed by atoms with Crippen LogP contribution in [0.25, 0.3) is 11.3 Å². The van der Waals surface area contributed by atoms with Crippen LogP contribution in [0, 0.1) is 6.92 Å². The first-order chi connectivity index (χ1) is 15.0. The fourth-order valence-corrected chi connectivity index (χ4v) is 5.30. The molecule has 2 aromatic carbocycles. The van der Waals surface area contributed by atoms with Crippen LogP contribution >= 0.6 is 0 Å². The Balaban J connectivity index is 1.43. The molecule has 1 atom stereocenters. The summed E-state index contributed by atoms with van der Waals surface area (Å²) in [6.45, 7) is 5.49. The van der Waals surface area contributed by atoms with E-state index in [0.29, 0.717) is 6.42 Å². The van der Waals surface area contributed by atoms with E-state index in [0.717, 1.165) is 55.8 Å². The van der Waals surface area contributed by atoms with Gasteiger partial charge in [0.2, 0.25) is 5.91 Å². The molecule has 1 amide bonds. The van der Waals surface area contributed by atoms with Gasteiger partial charge in [-0.3, -0.25) is 9.69 Å². The summed E-state index contributed by atoms with van der Waals surface area (Å²) < 4.78 is 2.39. The number of hydrogen-bond donors (Lipinski definition) is 0. The zero-order valence-corrected chi connectivity index (χ0v) is 18.4. The zero-order chi connectivity index (χ0) is 21.4. The number of benzene rings is 2. The standard InChI is InChI=1S/C26H30N4O/c1-20-9-11-21(12-10-20)15-24(31)29-14-6-13-26(18-29)17-28(2)16-23-25(27-19-30(23)26)22-7-4-3-5-8-22/h3-5,7-12,19H,6,13-18H2,1-2H3/t26-/m1/s1. The molecule has 2 aliphatic heterocycles. The van der Waals surface area contributed by atoms with Gasteiger partial charge in [0.1, 0.15) is 0 Å². The molecule has 1 aromatic heterocycles. The number of likely N-dealkylation sites (tertiary alicyclic amines) is 1. The molecule has 5 heteroatoms. The molecule has 0 bridgehead atoms. The predicted molar refractivity (Wildman–Crippen MR) is 123 cm³/mol. The van der Waals surface area contributed by atoms with Gasteiger partial charge in [-0.2, -0.15) is 0 Å². The lowest BCUT2D eigenvalue weighted by Crippen LogP contribution is -2.58. The average Bonchev–Trinajstić information content (AvgIpc) is 3.20. The van der Waals surface area contributed by atoms with E-state index >= 15 is 0 Å². The predicted octanol–water partition coefficient (Wildman–Crippen LogP) is 3.86. The topological polar surface area (TPSA) is 41.4 Å². The van der Waals surface area contributed by atoms with Gasteiger partial charge in [-0.25, -0.2) is 4.98 Å². The second-order valence-electron chi connectivity index (χ2n) is 9.25. The third-order valence-corrected chi connectivity index (χ3v) is 6.79. The highest BCUT2D eigenvalue weighted by Gasteiger charge is 2.43. The quantitative estimate of drug-likeness (QED) is 0.653. The minimum absolute atomic E-state index is 0.108. The number of imidazole rings is 1. The van der Waals surface area contributed by atoms with Crippen molar-refractivity contribution in [3.8, 4) is 11.3 Å². The fraction of sp³-hybridized carbons (Fsp3) is 0.385. The van der Waals surface area contributed by atoms with E-state index in [2.05, 4.69) is 76.9 Å². The van der Waals surface area contributed by atoms with Crippen molar-refractivity contribution in [1.82, 2.24) is 19.4 Å². The maximum absolute atomic E-state index is 13.2. The number of nitrogens with zero attached hydrogens (tertiary/aromatic N) is 4. The number of amides is 1. The molecule has 0 saturated carbocycles. The Hall–Kier alpha value is -2.92. The van der Waals surface area contributed by atoms with Crippen molar-refractivity contribution in [2.45, 2.75) is 38.3 Å². The van der Waals surface area contributed by atoms with Crippen molar-refractivity contribution in [2.75, 3.05) is 26.7 Å². The molecule has 0 N–H and O–H groups in total.